The van der Waals surface area contributed by atoms with E-state index in [-0.39, 0.29) is 10.8 Å². The summed E-state index contributed by atoms with van der Waals surface area (Å²) in [5.74, 6) is 0.736. The Balaban J connectivity index is 1.17. The maximum absolute atomic E-state index is 13.3. The summed E-state index contributed by atoms with van der Waals surface area (Å²) in [7, 11) is -3.57. The number of halogens is 1. The monoisotopic (exact) mass is 623 g/mol. The zero-order valence-electron chi connectivity index (χ0n) is 23.8. The number of hydrogen-bond donors (Lipinski definition) is 1. The summed E-state index contributed by atoms with van der Waals surface area (Å²) < 4.78 is 34.1. The molecular weight excluding hydrogens is 590 g/mol. The van der Waals surface area contributed by atoms with Crippen molar-refractivity contribution in [3.05, 3.63) is 93.8 Å². The standard InChI is InChI=1S/C32H34ClN3O4S2/c1-21-17-27(18-22(2)30(21)33)40-23(3)31(37)35-32-34-29(20-41-32)26-9-11-28(12-10-26)42(38,39)36-15-13-25(14-16-36)19-24-7-5-4-6-8-24/h4-12,17-18,20,23,25H,13-16,19H2,1-3H3,(H,34,35,37)/t23-/m0/s1. The van der Waals surface area contributed by atoms with Crippen LogP contribution in [0, 0.1) is 19.8 Å². The number of sulfonamides is 1. The summed E-state index contributed by atoms with van der Waals surface area (Å²) in [6.07, 6.45) is 1.93. The quantitative estimate of drug-likeness (QED) is 0.214. The van der Waals surface area contributed by atoms with Gasteiger partial charge in [0.15, 0.2) is 11.2 Å². The number of piperidine rings is 1. The van der Waals surface area contributed by atoms with E-state index in [2.05, 4.69) is 22.4 Å². The number of ether oxygens (including phenoxy) is 1. The predicted octanol–water partition coefficient (Wildman–Crippen LogP) is 7.13. The van der Waals surface area contributed by atoms with Gasteiger partial charge in [-0.05, 0) is 86.9 Å². The van der Waals surface area contributed by atoms with Crippen LogP contribution in [0.25, 0.3) is 11.3 Å². The lowest BCUT2D eigenvalue weighted by molar-refractivity contribution is -0.122. The fraction of sp³-hybridized carbons (Fsp3) is 0.312. The van der Waals surface area contributed by atoms with E-state index in [9.17, 15) is 13.2 Å². The molecule has 4 aromatic rings. The molecule has 42 heavy (non-hydrogen) atoms. The molecule has 1 atom stereocenters. The van der Waals surface area contributed by atoms with Gasteiger partial charge in [-0.2, -0.15) is 4.31 Å². The molecule has 2 heterocycles. The van der Waals surface area contributed by atoms with Crippen LogP contribution in [-0.2, 0) is 21.2 Å². The van der Waals surface area contributed by atoms with Crippen molar-refractivity contribution in [3.8, 4) is 17.0 Å². The number of benzene rings is 3. The molecule has 1 aliphatic rings. The van der Waals surface area contributed by atoms with Gasteiger partial charge in [0.1, 0.15) is 5.75 Å². The molecule has 3 aromatic carbocycles. The minimum Gasteiger partial charge on any atom is -0.481 e. The van der Waals surface area contributed by atoms with Crippen LogP contribution >= 0.6 is 22.9 Å². The second kappa shape index (κ2) is 13.0. The number of amides is 1. The van der Waals surface area contributed by atoms with E-state index >= 15 is 0 Å². The first-order valence-electron chi connectivity index (χ1n) is 13.9. The number of hydrogen-bond acceptors (Lipinski definition) is 6. The van der Waals surface area contributed by atoms with Crippen molar-refractivity contribution >= 4 is 44.0 Å². The summed E-state index contributed by atoms with van der Waals surface area (Å²) in [6, 6.07) is 20.7. The van der Waals surface area contributed by atoms with Gasteiger partial charge >= 0.3 is 0 Å². The second-order valence-electron chi connectivity index (χ2n) is 10.7. The topological polar surface area (TPSA) is 88.6 Å². The third-order valence-electron chi connectivity index (χ3n) is 7.55. The summed E-state index contributed by atoms with van der Waals surface area (Å²) in [6.45, 7) is 6.50. The largest absolute Gasteiger partial charge is 0.481 e. The van der Waals surface area contributed by atoms with Crippen molar-refractivity contribution in [3.63, 3.8) is 0 Å². The van der Waals surface area contributed by atoms with Crippen molar-refractivity contribution in [1.82, 2.24) is 9.29 Å². The lowest BCUT2D eigenvalue weighted by atomic mass is 9.91. The van der Waals surface area contributed by atoms with Crippen molar-refractivity contribution in [2.45, 2.75) is 51.0 Å². The highest BCUT2D eigenvalue weighted by molar-refractivity contribution is 7.89. The smallest absolute Gasteiger partial charge is 0.266 e. The third kappa shape index (κ3) is 7.03. The van der Waals surface area contributed by atoms with E-state index in [1.807, 2.05) is 37.4 Å². The number of anilines is 1. The van der Waals surface area contributed by atoms with Crippen molar-refractivity contribution in [1.29, 1.82) is 0 Å². The van der Waals surface area contributed by atoms with E-state index in [0.29, 0.717) is 40.6 Å². The molecule has 0 aliphatic carbocycles. The van der Waals surface area contributed by atoms with Crippen LogP contribution in [0.1, 0.15) is 36.5 Å². The van der Waals surface area contributed by atoms with E-state index in [1.165, 1.54) is 16.9 Å². The summed E-state index contributed by atoms with van der Waals surface area (Å²) in [4.78, 5) is 17.6. The number of nitrogens with zero attached hydrogens (tertiary/aromatic N) is 2. The minimum atomic E-state index is -3.57. The molecule has 1 saturated heterocycles. The first-order chi connectivity index (χ1) is 20.1. The summed E-state index contributed by atoms with van der Waals surface area (Å²) >= 11 is 7.52. The van der Waals surface area contributed by atoms with Gasteiger partial charge in [-0.3, -0.25) is 10.1 Å². The number of carbonyl (C=O) groups excluding carboxylic acids is 1. The van der Waals surface area contributed by atoms with Crippen LogP contribution in [-0.4, -0.2) is 42.8 Å². The lowest BCUT2D eigenvalue weighted by Gasteiger charge is -2.31. The van der Waals surface area contributed by atoms with Gasteiger partial charge in [0.2, 0.25) is 10.0 Å². The number of thiazole rings is 1. The molecule has 0 bridgehead atoms. The van der Waals surface area contributed by atoms with Crippen LogP contribution in [0.5, 0.6) is 5.75 Å². The zero-order chi connectivity index (χ0) is 29.9. The molecule has 1 fully saturated rings. The van der Waals surface area contributed by atoms with Gasteiger partial charge in [-0.25, -0.2) is 13.4 Å². The van der Waals surface area contributed by atoms with Crippen LogP contribution < -0.4 is 10.1 Å². The van der Waals surface area contributed by atoms with Crippen molar-refractivity contribution in [2.75, 3.05) is 18.4 Å². The molecule has 1 N–H and O–H groups in total. The Morgan fingerprint density at radius 3 is 2.36 bits per heavy atom. The zero-order valence-corrected chi connectivity index (χ0v) is 26.2. The molecule has 0 spiro atoms. The molecule has 0 saturated carbocycles. The predicted molar refractivity (Wildman–Crippen MR) is 169 cm³/mol. The Kier molecular flexibility index (Phi) is 9.32. The van der Waals surface area contributed by atoms with Gasteiger partial charge in [0.25, 0.3) is 5.91 Å². The molecule has 220 valence electrons. The van der Waals surface area contributed by atoms with E-state index in [4.69, 9.17) is 16.3 Å². The number of rotatable bonds is 9. The molecular formula is C32H34ClN3O4S2. The van der Waals surface area contributed by atoms with Gasteiger partial charge in [-0.15, -0.1) is 11.3 Å². The molecule has 1 amide bonds. The van der Waals surface area contributed by atoms with Gasteiger partial charge < -0.3 is 4.74 Å². The maximum atomic E-state index is 13.3. The highest BCUT2D eigenvalue weighted by atomic mass is 35.5. The molecule has 5 rings (SSSR count). The van der Waals surface area contributed by atoms with Crippen molar-refractivity contribution in [2.24, 2.45) is 5.92 Å². The fourth-order valence-electron chi connectivity index (χ4n) is 5.15. The highest BCUT2D eigenvalue weighted by Gasteiger charge is 2.29. The SMILES string of the molecule is Cc1cc(O[C@@H](C)C(=O)Nc2nc(-c3ccc(S(=O)(=O)N4CCC(Cc5ccccc5)CC4)cc3)cs2)cc(C)c1Cl. The molecule has 10 heteroatoms. The lowest BCUT2D eigenvalue weighted by Crippen LogP contribution is -2.38. The Hall–Kier alpha value is -3.24. The van der Waals surface area contributed by atoms with Crippen LogP contribution in [0.2, 0.25) is 5.02 Å². The first kappa shape index (κ1) is 30.2. The van der Waals surface area contributed by atoms with Crippen molar-refractivity contribution < 1.29 is 17.9 Å². The maximum Gasteiger partial charge on any atom is 0.266 e. The number of nitrogens with one attached hydrogen (secondary N) is 1. The fourth-order valence-corrected chi connectivity index (χ4v) is 7.45. The van der Waals surface area contributed by atoms with Crippen LogP contribution in [0.3, 0.4) is 0 Å². The van der Waals surface area contributed by atoms with Crippen LogP contribution in [0.15, 0.2) is 77.0 Å². The molecule has 7 nitrogen and oxygen atoms in total. The summed E-state index contributed by atoms with van der Waals surface area (Å²) in [5, 5.41) is 5.75. The Labute approximate surface area is 256 Å². The highest BCUT2D eigenvalue weighted by Crippen LogP contribution is 2.30. The molecule has 1 aromatic heterocycles. The first-order valence-corrected chi connectivity index (χ1v) is 16.6. The van der Waals surface area contributed by atoms with Gasteiger partial charge in [0, 0.05) is 29.1 Å². The van der Waals surface area contributed by atoms with Crippen LogP contribution in [0.4, 0.5) is 5.13 Å². The third-order valence-corrected chi connectivity index (χ3v) is 10.8. The molecule has 1 aliphatic heterocycles. The van der Waals surface area contributed by atoms with E-state index in [1.54, 1.807) is 47.6 Å². The Bertz CT molecular complexity index is 1630. The second-order valence-corrected chi connectivity index (χ2v) is 13.9. The minimum absolute atomic E-state index is 0.273. The summed E-state index contributed by atoms with van der Waals surface area (Å²) in [5.41, 5.74) is 4.48. The molecule has 0 radical (unpaired) electrons. The molecule has 0 unspecified atom stereocenters. The number of aryl methyl sites for hydroxylation is 2. The van der Waals surface area contributed by atoms with Gasteiger partial charge in [-0.1, -0.05) is 54.1 Å². The van der Waals surface area contributed by atoms with E-state index in [0.717, 1.165) is 36.0 Å². The number of carbonyl (C=O) groups is 1. The number of aromatic nitrogens is 1. The Morgan fingerprint density at radius 1 is 1.07 bits per heavy atom. The van der Waals surface area contributed by atoms with E-state index < -0.39 is 16.1 Å². The Morgan fingerprint density at radius 2 is 1.71 bits per heavy atom. The van der Waals surface area contributed by atoms with Gasteiger partial charge in [0.05, 0.1) is 10.6 Å². The normalized spacial score (nSPS) is 15.3. The average molecular weight is 624 g/mol. The average Bonchev–Trinajstić information content (AvgIpc) is 3.45.